The molecular formula is C25H24N4O3S. The molecule has 168 valence electrons. The second-order valence-electron chi connectivity index (χ2n) is 7.34. The molecule has 2 heterocycles. The Hall–Kier alpha value is -3.91. The van der Waals surface area contributed by atoms with Crippen LogP contribution in [0.4, 0.5) is 5.82 Å². The van der Waals surface area contributed by atoms with Gasteiger partial charge in [-0.3, -0.25) is 9.36 Å². The van der Waals surface area contributed by atoms with Crippen LogP contribution in [0.25, 0.3) is 22.5 Å². The first-order chi connectivity index (χ1) is 16.0. The number of anilines is 1. The van der Waals surface area contributed by atoms with Crippen LogP contribution in [0.15, 0.2) is 60.1 Å². The predicted molar refractivity (Wildman–Crippen MR) is 131 cm³/mol. The number of hydrogen-bond acceptors (Lipinski definition) is 6. The van der Waals surface area contributed by atoms with Crippen LogP contribution in [-0.4, -0.2) is 34.7 Å². The van der Waals surface area contributed by atoms with Crippen molar-refractivity contribution in [2.75, 3.05) is 19.5 Å². The quantitative estimate of drug-likeness (QED) is 0.380. The monoisotopic (exact) mass is 460 g/mol. The third-order valence-electron chi connectivity index (χ3n) is 5.05. The number of amides is 1. The van der Waals surface area contributed by atoms with E-state index >= 15 is 0 Å². The van der Waals surface area contributed by atoms with E-state index in [-0.39, 0.29) is 5.91 Å². The van der Waals surface area contributed by atoms with E-state index in [0.29, 0.717) is 17.3 Å². The van der Waals surface area contributed by atoms with Crippen molar-refractivity contribution < 1.29 is 14.3 Å². The van der Waals surface area contributed by atoms with Crippen LogP contribution in [0.5, 0.6) is 11.5 Å². The number of aromatic nitrogens is 3. The van der Waals surface area contributed by atoms with Crippen molar-refractivity contribution >= 4 is 29.1 Å². The number of carbonyl (C=O) groups excluding carboxylic acids is 1. The first-order valence-electron chi connectivity index (χ1n) is 10.3. The van der Waals surface area contributed by atoms with Gasteiger partial charge in [0.25, 0.3) is 0 Å². The van der Waals surface area contributed by atoms with Gasteiger partial charge in [-0.05, 0) is 37.6 Å². The normalized spacial score (nSPS) is 11.0. The molecule has 2 aromatic carbocycles. The molecule has 8 heteroatoms. The molecule has 2 aromatic heterocycles. The molecule has 0 saturated carbocycles. The Kier molecular flexibility index (Phi) is 6.55. The summed E-state index contributed by atoms with van der Waals surface area (Å²) < 4.78 is 12.4. The van der Waals surface area contributed by atoms with Crippen molar-refractivity contribution in [3.63, 3.8) is 0 Å². The molecule has 0 unspecified atom stereocenters. The molecule has 0 radical (unpaired) electrons. The summed E-state index contributed by atoms with van der Waals surface area (Å²) in [6.07, 6.45) is 4.81. The van der Waals surface area contributed by atoms with E-state index in [4.69, 9.17) is 14.5 Å². The van der Waals surface area contributed by atoms with Crippen molar-refractivity contribution in [3.8, 4) is 27.9 Å². The highest BCUT2D eigenvalue weighted by Gasteiger charge is 2.14. The van der Waals surface area contributed by atoms with Crippen molar-refractivity contribution in [2.24, 2.45) is 0 Å². The van der Waals surface area contributed by atoms with E-state index in [0.717, 1.165) is 27.8 Å². The minimum Gasteiger partial charge on any atom is -0.493 e. The van der Waals surface area contributed by atoms with Gasteiger partial charge >= 0.3 is 0 Å². The Morgan fingerprint density at radius 1 is 1.06 bits per heavy atom. The van der Waals surface area contributed by atoms with E-state index < -0.39 is 0 Å². The highest BCUT2D eigenvalue weighted by atomic mass is 32.1. The molecule has 4 rings (SSSR count). The van der Waals surface area contributed by atoms with Crippen LogP contribution in [0.1, 0.15) is 17.0 Å². The predicted octanol–water partition coefficient (Wildman–Crippen LogP) is 5.28. The third-order valence-corrected chi connectivity index (χ3v) is 5.88. The summed E-state index contributed by atoms with van der Waals surface area (Å²) in [5.41, 5.74) is 3.94. The topological polar surface area (TPSA) is 78.3 Å². The zero-order valence-electron chi connectivity index (χ0n) is 18.8. The van der Waals surface area contributed by atoms with Crippen molar-refractivity contribution in [1.82, 2.24) is 14.5 Å². The van der Waals surface area contributed by atoms with Gasteiger partial charge in [0, 0.05) is 17.0 Å². The van der Waals surface area contributed by atoms with Gasteiger partial charge in [0.15, 0.2) is 16.6 Å². The number of methoxy groups -OCH3 is 2. The molecular weight excluding hydrogens is 436 g/mol. The highest BCUT2D eigenvalue weighted by molar-refractivity contribution is 7.12. The molecule has 33 heavy (non-hydrogen) atoms. The summed E-state index contributed by atoms with van der Waals surface area (Å²) in [7, 11) is 3.16. The lowest BCUT2D eigenvalue weighted by atomic mass is 10.1. The number of imidazole rings is 1. The van der Waals surface area contributed by atoms with Gasteiger partial charge in [0.2, 0.25) is 5.91 Å². The smallest absolute Gasteiger partial charge is 0.249 e. The van der Waals surface area contributed by atoms with E-state index in [2.05, 4.69) is 41.5 Å². The maximum Gasteiger partial charge on any atom is 0.249 e. The van der Waals surface area contributed by atoms with E-state index in [1.165, 1.54) is 23.0 Å². The molecule has 0 spiro atoms. The van der Waals surface area contributed by atoms with Crippen molar-refractivity contribution in [3.05, 3.63) is 77.1 Å². The Balaban J connectivity index is 1.52. The average molecular weight is 461 g/mol. The summed E-state index contributed by atoms with van der Waals surface area (Å²) in [4.78, 5) is 21.7. The number of ether oxygens (including phenoxy) is 2. The maximum atomic E-state index is 12.6. The lowest BCUT2D eigenvalue weighted by Gasteiger charge is -2.08. The first-order valence-corrected chi connectivity index (χ1v) is 11.1. The lowest BCUT2D eigenvalue weighted by Crippen LogP contribution is -2.12. The number of benzene rings is 2. The summed E-state index contributed by atoms with van der Waals surface area (Å²) >= 11 is 1.50. The molecule has 4 aromatic rings. The SMILES string of the molecule is COc1ccc(/C=C/C(=O)Nc2cnc(C)n2-c2nc(-c3ccc(C)cc3)cs2)cc1OC. The number of nitrogens with zero attached hydrogens (tertiary/aromatic N) is 3. The molecule has 0 aliphatic heterocycles. The number of nitrogens with one attached hydrogen (secondary N) is 1. The van der Waals surface area contributed by atoms with Crippen LogP contribution < -0.4 is 14.8 Å². The summed E-state index contributed by atoms with van der Waals surface area (Å²) in [6, 6.07) is 13.7. The molecule has 0 saturated heterocycles. The number of aryl methyl sites for hydroxylation is 2. The van der Waals surface area contributed by atoms with Crippen molar-refractivity contribution in [1.29, 1.82) is 0 Å². The number of rotatable bonds is 7. The molecule has 0 bridgehead atoms. The van der Waals surface area contributed by atoms with Gasteiger partial charge in [-0.1, -0.05) is 35.9 Å². The molecule has 1 N–H and O–H groups in total. The molecule has 0 atom stereocenters. The fraction of sp³-hybridized carbons (Fsp3) is 0.160. The fourth-order valence-corrected chi connectivity index (χ4v) is 4.19. The molecule has 0 fully saturated rings. The van der Waals surface area contributed by atoms with Gasteiger partial charge in [-0.15, -0.1) is 11.3 Å². The Labute approximate surface area is 196 Å². The zero-order chi connectivity index (χ0) is 23.4. The van der Waals surface area contributed by atoms with Gasteiger partial charge in [-0.2, -0.15) is 0 Å². The number of hydrogen-bond donors (Lipinski definition) is 1. The number of thiazole rings is 1. The largest absolute Gasteiger partial charge is 0.493 e. The van der Waals surface area contributed by atoms with E-state index in [9.17, 15) is 4.79 Å². The minimum absolute atomic E-state index is 0.277. The maximum absolute atomic E-state index is 12.6. The van der Waals surface area contributed by atoms with Gasteiger partial charge in [0.1, 0.15) is 11.6 Å². The average Bonchev–Trinajstić information content (AvgIpc) is 3.44. The van der Waals surface area contributed by atoms with Crippen LogP contribution in [-0.2, 0) is 4.79 Å². The second kappa shape index (κ2) is 9.70. The Morgan fingerprint density at radius 3 is 2.55 bits per heavy atom. The minimum atomic E-state index is -0.277. The lowest BCUT2D eigenvalue weighted by molar-refractivity contribution is -0.111. The summed E-state index contributed by atoms with van der Waals surface area (Å²) in [5.74, 6) is 2.24. The molecule has 1 amide bonds. The van der Waals surface area contributed by atoms with E-state index in [1.54, 1.807) is 38.6 Å². The Bertz CT molecular complexity index is 1310. The molecule has 0 aliphatic carbocycles. The highest BCUT2D eigenvalue weighted by Crippen LogP contribution is 2.29. The summed E-state index contributed by atoms with van der Waals surface area (Å²) in [6.45, 7) is 3.93. The van der Waals surface area contributed by atoms with Crippen LogP contribution >= 0.6 is 11.3 Å². The van der Waals surface area contributed by atoms with Crippen LogP contribution in [0.2, 0.25) is 0 Å². The van der Waals surface area contributed by atoms with Gasteiger partial charge in [-0.25, -0.2) is 9.97 Å². The van der Waals surface area contributed by atoms with Gasteiger partial charge < -0.3 is 14.8 Å². The fourth-order valence-electron chi connectivity index (χ4n) is 3.29. The molecule has 0 aliphatic rings. The standard InChI is InChI=1S/C25H24N4O3S/c1-16-5-9-19(10-6-16)20-15-33-25(27-20)29-17(2)26-14-23(29)28-24(30)12-8-18-7-11-21(31-3)22(13-18)32-4/h5-15H,1-4H3,(H,28,30)/b12-8+. The molecule has 7 nitrogen and oxygen atoms in total. The third kappa shape index (κ3) is 4.96. The van der Waals surface area contributed by atoms with E-state index in [1.807, 2.05) is 22.9 Å². The van der Waals surface area contributed by atoms with Gasteiger partial charge in [0.05, 0.1) is 26.1 Å². The summed E-state index contributed by atoms with van der Waals surface area (Å²) in [5, 5.41) is 5.63. The number of carbonyl (C=O) groups is 1. The van der Waals surface area contributed by atoms with Crippen LogP contribution in [0, 0.1) is 13.8 Å². The second-order valence-corrected chi connectivity index (χ2v) is 8.18. The van der Waals surface area contributed by atoms with Crippen molar-refractivity contribution in [2.45, 2.75) is 13.8 Å². The zero-order valence-corrected chi connectivity index (χ0v) is 19.6. The first kappa shape index (κ1) is 22.3. The Morgan fingerprint density at radius 2 is 1.82 bits per heavy atom. The van der Waals surface area contributed by atoms with Crippen LogP contribution in [0.3, 0.4) is 0 Å².